The van der Waals surface area contributed by atoms with E-state index in [1.165, 1.54) is 19.2 Å². The summed E-state index contributed by atoms with van der Waals surface area (Å²) in [5.74, 6) is -0.596. The van der Waals surface area contributed by atoms with Crippen LogP contribution in [0.3, 0.4) is 0 Å². The highest BCUT2D eigenvalue weighted by atomic mass is 16.6. The summed E-state index contributed by atoms with van der Waals surface area (Å²) in [5.41, 5.74) is 0.871. The molecule has 2 aromatic rings. The molecule has 0 aliphatic carbocycles. The molecule has 0 aromatic heterocycles. The van der Waals surface area contributed by atoms with Crippen LogP contribution < -0.4 is 20.1 Å². The van der Waals surface area contributed by atoms with Gasteiger partial charge < -0.3 is 24.8 Å². The van der Waals surface area contributed by atoms with Crippen molar-refractivity contribution in [2.24, 2.45) is 0 Å². The molecule has 32 heavy (non-hydrogen) atoms. The molecule has 0 saturated heterocycles. The Kier molecular flexibility index (Phi) is 6.93. The van der Waals surface area contributed by atoms with Crippen LogP contribution in [0.1, 0.15) is 31.0 Å². The van der Waals surface area contributed by atoms with E-state index >= 15 is 0 Å². The molecule has 2 amide bonds. The van der Waals surface area contributed by atoms with Crippen molar-refractivity contribution in [1.82, 2.24) is 10.6 Å². The first-order valence-electron chi connectivity index (χ1n) is 9.94. The van der Waals surface area contributed by atoms with Crippen LogP contribution in [0.2, 0.25) is 0 Å². The van der Waals surface area contributed by atoms with Crippen molar-refractivity contribution in [3.63, 3.8) is 0 Å². The highest BCUT2D eigenvalue weighted by Crippen LogP contribution is 2.42. The van der Waals surface area contributed by atoms with Gasteiger partial charge in [-0.3, -0.25) is 10.1 Å². The summed E-state index contributed by atoms with van der Waals surface area (Å²) in [6.07, 6.45) is 0. The molecule has 1 aliphatic rings. The maximum Gasteiger partial charge on any atom is 0.338 e. The summed E-state index contributed by atoms with van der Waals surface area (Å²) < 4.78 is 16.0. The van der Waals surface area contributed by atoms with Gasteiger partial charge in [-0.25, -0.2) is 9.59 Å². The molecule has 0 spiro atoms. The second-order valence-corrected chi connectivity index (χ2v) is 6.67. The van der Waals surface area contributed by atoms with Gasteiger partial charge in [-0.1, -0.05) is 30.3 Å². The van der Waals surface area contributed by atoms with Crippen molar-refractivity contribution < 1.29 is 28.7 Å². The van der Waals surface area contributed by atoms with E-state index in [0.717, 1.165) is 0 Å². The van der Waals surface area contributed by atoms with Crippen molar-refractivity contribution >= 4 is 23.4 Å². The number of amides is 2. The van der Waals surface area contributed by atoms with Crippen LogP contribution in [-0.4, -0.2) is 37.2 Å². The van der Waals surface area contributed by atoms with E-state index < -0.39 is 23.0 Å². The number of methoxy groups -OCH3 is 1. The quantitative estimate of drug-likeness (QED) is 0.365. The van der Waals surface area contributed by atoms with Gasteiger partial charge in [0.05, 0.1) is 42.6 Å². The molecule has 0 saturated carbocycles. The van der Waals surface area contributed by atoms with E-state index in [1.807, 2.05) is 0 Å². The fourth-order valence-corrected chi connectivity index (χ4v) is 3.43. The molecule has 1 aliphatic heterocycles. The predicted octanol–water partition coefficient (Wildman–Crippen LogP) is 3.33. The third-order valence-corrected chi connectivity index (χ3v) is 4.73. The van der Waals surface area contributed by atoms with Gasteiger partial charge in [-0.2, -0.15) is 0 Å². The zero-order chi connectivity index (χ0) is 23.3. The van der Waals surface area contributed by atoms with Crippen LogP contribution in [0.25, 0.3) is 5.70 Å². The van der Waals surface area contributed by atoms with Crippen LogP contribution in [0, 0.1) is 10.1 Å². The summed E-state index contributed by atoms with van der Waals surface area (Å²) in [4.78, 5) is 36.6. The maximum absolute atomic E-state index is 13.0. The molecule has 168 valence electrons. The van der Waals surface area contributed by atoms with Crippen molar-refractivity contribution in [2.75, 3.05) is 20.3 Å². The summed E-state index contributed by atoms with van der Waals surface area (Å²) >= 11 is 0. The Morgan fingerprint density at radius 2 is 1.88 bits per heavy atom. The highest BCUT2D eigenvalue weighted by molar-refractivity contribution is 6.04. The van der Waals surface area contributed by atoms with Crippen molar-refractivity contribution in [2.45, 2.75) is 19.9 Å². The van der Waals surface area contributed by atoms with Crippen molar-refractivity contribution in [3.8, 4) is 11.5 Å². The van der Waals surface area contributed by atoms with Crippen LogP contribution in [0.4, 0.5) is 10.5 Å². The Hall–Kier alpha value is -4.08. The predicted molar refractivity (Wildman–Crippen MR) is 115 cm³/mol. The fourth-order valence-electron chi connectivity index (χ4n) is 3.43. The standard InChI is InChI=1S/C22H23N3O7/c1-4-31-20-15(25(28)29)11-14(12-16(20)30-3)19-17(21(26)32-5-2)18(23-22(27)24-19)13-9-7-6-8-10-13/h6-12,19H,4-5H2,1-3H3,(H2,23,24,27). The molecular formula is C22H23N3O7. The number of esters is 1. The van der Waals surface area contributed by atoms with Crippen LogP contribution >= 0.6 is 0 Å². The molecule has 2 N–H and O–H groups in total. The molecule has 3 rings (SSSR count). The molecule has 10 heteroatoms. The highest BCUT2D eigenvalue weighted by Gasteiger charge is 2.36. The van der Waals surface area contributed by atoms with Gasteiger partial charge in [0.1, 0.15) is 0 Å². The fraction of sp³-hybridized carbons (Fsp3) is 0.273. The molecule has 1 heterocycles. The Morgan fingerprint density at radius 3 is 2.47 bits per heavy atom. The average molecular weight is 441 g/mol. The van der Waals surface area contributed by atoms with E-state index in [2.05, 4.69) is 10.6 Å². The lowest BCUT2D eigenvalue weighted by Crippen LogP contribution is -2.45. The van der Waals surface area contributed by atoms with E-state index in [0.29, 0.717) is 5.56 Å². The Bertz CT molecular complexity index is 1070. The van der Waals surface area contributed by atoms with Gasteiger partial charge in [0.15, 0.2) is 5.75 Å². The SMILES string of the molecule is CCOC(=O)C1=C(c2ccccc2)NC(=O)NC1c1cc(OC)c(OCC)c([N+](=O)[O-])c1. The normalized spacial score (nSPS) is 15.5. The smallest absolute Gasteiger partial charge is 0.338 e. The first-order chi connectivity index (χ1) is 15.4. The number of nitro groups is 1. The Labute approximate surface area is 184 Å². The average Bonchev–Trinajstić information content (AvgIpc) is 2.79. The summed E-state index contributed by atoms with van der Waals surface area (Å²) in [6.45, 7) is 3.65. The minimum absolute atomic E-state index is 0.0334. The molecule has 0 radical (unpaired) electrons. The van der Waals surface area contributed by atoms with Gasteiger partial charge in [-0.15, -0.1) is 0 Å². The molecule has 0 bridgehead atoms. The number of ether oxygens (including phenoxy) is 3. The second kappa shape index (κ2) is 9.82. The number of nitro benzene ring substituents is 1. The van der Waals surface area contributed by atoms with Gasteiger partial charge in [0, 0.05) is 6.07 Å². The minimum atomic E-state index is -1.03. The zero-order valence-corrected chi connectivity index (χ0v) is 17.8. The number of nitrogens with zero attached hydrogens (tertiary/aromatic N) is 1. The van der Waals surface area contributed by atoms with Gasteiger partial charge in [0.2, 0.25) is 5.75 Å². The summed E-state index contributed by atoms with van der Waals surface area (Å²) in [6, 6.07) is 9.95. The number of hydrogen-bond acceptors (Lipinski definition) is 7. The maximum atomic E-state index is 13.0. The van der Waals surface area contributed by atoms with Gasteiger partial charge in [0.25, 0.3) is 0 Å². The summed E-state index contributed by atoms with van der Waals surface area (Å²) in [5, 5.41) is 17.1. The number of nitrogens with one attached hydrogen (secondary N) is 2. The molecular weight excluding hydrogens is 418 g/mol. The monoisotopic (exact) mass is 441 g/mol. The number of hydrogen-bond donors (Lipinski definition) is 2. The number of rotatable bonds is 8. The third-order valence-electron chi connectivity index (χ3n) is 4.73. The lowest BCUT2D eigenvalue weighted by atomic mass is 9.92. The van der Waals surface area contributed by atoms with Gasteiger partial charge in [-0.05, 0) is 31.0 Å². The zero-order valence-electron chi connectivity index (χ0n) is 17.8. The second-order valence-electron chi connectivity index (χ2n) is 6.67. The molecule has 0 fully saturated rings. The number of urea groups is 1. The number of carbonyl (C=O) groups is 2. The number of benzene rings is 2. The van der Waals surface area contributed by atoms with Gasteiger partial charge >= 0.3 is 17.7 Å². The van der Waals surface area contributed by atoms with Crippen molar-refractivity contribution in [3.05, 3.63) is 69.3 Å². The van der Waals surface area contributed by atoms with Crippen LogP contribution in [0.5, 0.6) is 11.5 Å². The van der Waals surface area contributed by atoms with Crippen LogP contribution in [0.15, 0.2) is 48.0 Å². The first-order valence-corrected chi connectivity index (χ1v) is 9.94. The molecule has 1 atom stereocenters. The largest absolute Gasteiger partial charge is 0.493 e. The minimum Gasteiger partial charge on any atom is -0.493 e. The third kappa shape index (κ3) is 4.48. The lowest BCUT2D eigenvalue weighted by Gasteiger charge is -2.29. The first kappa shape index (κ1) is 22.6. The molecule has 10 nitrogen and oxygen atoms in total. The topological polar surface area (TPSA) is 129 Å². The van der Waals surface area contributed by atoms with Crippen LogP contribution in [-0.2, 0) is 9.53 Å². The van der Waals surface area contributed by atoms with E-state index in [-0.39, 0.29) is 47.2 Å². The lowest BCUT2D eigenvalue weighted by molar-refractivity contribution is -0.386. The Morgan fingerprint density at radius 1 is 1.16 bits per heavy atom. The summed E-state index contributed by atoms with van der Waals surface area (Å²) in [7, 11) is 1.35. The Balaban J connectivity index is 2.26. The van der Waals surface area contributed by atoms with E-state index in [9.17, 15) is 19.7 Å². The number of carbonyl (C=O) groups excluding carboxylic acids is 2. The molecule has 2 aromatic carbocycles. The molecule has 1 unspecified atom stereocenters. The van der Waals surface area contributed by atoms with E-state index in [1.54, 1.807) is 44.2 Å². The van der Waals surface area contributed by atoms with Crippen molar-refractivity contribution in [1.29, 1.82) is 0 Å². The van der Waals surface area contributed by atoms with E-state index in [4.69, 9.17) is 14.2 Å².